The summed E-state index contributed by atoms with van der Waals surface area (Å²) in [4.78, 5) is 23.6. The number of para-hydroxylation sites is 1. The fourth-order valence-electron chi connectivity index (χ4n) is 4.50. The molecule has 0 aliphatic heterocycles. The van der Waals surface area contributed by atoms with Crippen LogP contribution in [-0.4, -0.2) is 31.6 Å². The normalized spacial score (nSPS) is 13.2. The lowest BCUT2D eigenvalue weighted by molar-refractivity contribution is 0.0997. The van der Waals surface area contributed by atoms with E-state index in [0.717, 1.165) is 5.56 Å². The Morgan fingerprint density at radius 3 is 2.51 bits per heavy atom. The fourth-order valence-corrected chi connectivity index (χ4v) is 6.01. The number of H-pyrrole nitrogens is 1. The maximum absolute atomic E-state index is 15.0. The molecular weight excluding hydrogens is 527 g/mol. The van der Waals surface area contributed by atoms with Crippen LogP contribution in [0.4, 0.5) is 4.39 Å². The van der Waals surface area contributed by atoms with Crippen molar-refractivity contribution in [2.75, 3.05) is 7.11 Å². The molecular formula is C27H27FN4O6S. The van der Waals surface area contributed by atoms with Crippen LogP contribution in [0.1, 0.15) is 51.8 Å². The zero-order valence-electron chi connectivity index (χ0n) is 21.6. The first-order valence-corrected chi connectivity index (χ1v) is 13.3. The van der Waals surface area contributed by atoms with Gasteiger partial charge in [-0.05, 0) is 60.4 Å². The van der Waals surface area contributed by atoms with Gasteiger partial charge in [0.15, 0.2) is 0 Å². The summed E-state index contributed by atoms with van der Waals surface area (Å²) in [6.45, 7) is 5.08. The van der Waals surface area contributed by atoms with Gasteiger partial charge in [0.05, 0.1) is 17.6 Å². The number of rotatable bonds is 9. The Morgan fingerprint density at radius 1 is 1.15 bits per heavy atom. The van der Waals surface area contributed by atoms with E-state index in [0.29, 0.717) is 22.4 Å². The minimum Gasteiger partial charge on any atom is -0.496 e. The number of hydrogen-bond acceptors (Lipinski definition) is 7. The summed E-state index contributed by atoms with van der Waals surface area (Å²) < 4.78 is 55.7. The van der Waals surface area contributed by atoms with Gasteiger partial charge < -0.3 is 14.9 Å². The third-order valence-corrected chi connectivity index (χ3v) is 8.13. The summed E-state index contributed by atoms with van der Waals surface area (Å²) in [7, 11) is -3.06. The van der Waals surface area contributed by atoms with Crippen molar-refractivity contribution < 1.29 is 26.8 Å². The Balaban J connectivity index is 1.87. The fraction of sp³-hybridized carbons (Fsp3) is 0.222. The second kappa shape index (κ2) is 10.8. The lowest BCUT2D eigenvalue weighted by Crippen LogP contribution is -2.34. The van der Waals surface area contributed by atoms with Crippen LogP contribution >= 0.6 is 0 Å². The molecule has 4 aromatic rings. The van der Waals surface area contributed by atoms with Crippen LogP contribution in [0.3, 0.4) is 0 Å². The average Bonchev–Trinajstić information content (AvgIpc) is 3.35. The first kappa shape index (κ1) is 27.7. The highest BCUT2D eigenvalue weighted by atomic mass is 32.2. The standard InChI is InChI=1S/C27H27FN4O6S/c1-14-9-12-20(28)23(15(14)2)16(3)24(26-30-31-27(34)38-26)32-39(35,36)22-13-17(10-11-19(22)25(29)33)18-7-5-6-8-21(18)37-4/h5-13,16,24,32H,1-4H3,(H2,29,33)(H,31,34)/t16-,24+/m1/s1. The van der Waals surface area contributed by atoms with Crippen molar-refractivity contribution in [1.29, 1.82) is 0 Å². The topological polar surface area (TPSA) is 157 Å². The van der Waals surface area contributed by atoms with Gasteiger partial charge in [0, 0.05) is 11.5 Å². The number of carbonyl (C=O) groups excluding carboxylic acids is 1. The van der Waals surface area contributed by atoms with E-state index in [-0.39, 0.29) is 17.0 Å². The quantitative estimate of drug-likeness (QED) is 0.285. The number of benzene rings is 3. The summed E-state index contributed by atoms with van der Waals surface area (Å²) in [6, 6.07) is 12.7. The van der Waals surface area contributed by atoms with E-state index in [1.165, 1.54) is 25.3 Å². The Labute approximate surface area is 224 Å². The van der Waals surface area contributed by atoms with E-state index in [1.54, 1.807) is 57.2 Å². The number of methoxy groups -OCH3 is 1. The summed E-state index contributed by atoms with van der Waals surface area (Å²) in [5.74, 6) is -3.17. The molecule has 4 rings (SSSR count). The highest BCUT2D eigenvalue weighted by Crippen LogP contribution is 2.37. The molecule has 39 heavy (non-hydrogen) atoms. The van der Waals surface area contributed by atoms with Gasteiger partial charge in [0.2, 0.25) is 21.8 Å². The first-order valence-electron chi connectivity index (χ1n) is 11.8. The maximum atomic E-state index is 15.0. The van der Waals surface area contributed by atoms with Crippen LogP contribution in [0.25, 0.3) is 11.1 Å². The van der Waals surface area contributed by atoms with Crippen molar-refractivity contribution in [3.8, 4) is 16.9 Å². The second-order valence-corrected chi connectivity index (χ2v) is 10.7. The summed E-state index contributed by atoms with van der Waals surface area (Å²) in [6.07, 6.45) is 0. The molecule has 0 saturated heterocycles. The van der Waals surface area contributed by atoms with E-state index in [9.17, 15) is 18.0 Å². The predicted molar refractivity (Wildman–Crippen MR) is 141 cm³/mol. The van der Waals surface area contributed by atoms with Gasteiger partial charge >= 0.3 is 5.76 Å². The number of carbonyl (C=O) groups is 1. The zero-order valence-corrected chi connectivity index (χ0v) is 22.4. The van der Waals surface area contributed by atoms with Crippen molar-refractivity contribution in [3.63, 3.8) is 0 Å². The molecule has 0 bridgehead atoms. The van der Waals surface area contributed by atoms with E-state index >= 15 is 4.39 Å². The molecule has 1 aromatic heterocycles. The summed E-state index contributed by atoms with van der Waals surface area (Å²) in [5, 5.41) is 5.91. The molecule has 0 radical (unpaired) electrons. The molecule has 204 valence electrons. The third kappa shape index (κ3) is 5.47. The predicted octanol–water partition coefficient (Wildman–Crippen LogP) is 3.72. The van der Waals surface area contributed by atoms with E-state index in [2.05, 4.69) is 14.9 Å². The molecule has 2 atom stereocenters. The molecule has 4 N–H and O–H groups in total. The molecule has 1 heterocycles. The van der Waals surface area contributed by atoms with E-state index < -0.39 is 44.4 Å². The van der Waals surface area contributed by atoms with Crippen molar-refractivity contribution in [1.82, 2.24) is 14.9 Å². The Morgan fingerprint density at radius 2 is 1.87 bits per heavy atom. The smallest absolute Gasteiger partial charge is 0.434 e. The van der Waals surface area contributed by atoms with Crippen molar-refractivity contribution in [2.24, 2.45) is 5.73 Å². The molecule has 0 fully saturated rings. The van der Waals surface area contributed by atoms with Crippen LogP contribution in [-0.2, 0) is 10.0 Å². The highest BCUT2D eigenvalue weighted by Gasteiger charge is 2.35. The number of aromatic amines is 1. The zero-order chi connectivity index (χ0) is 28.5. The first-order chi connectivity index (χ1) is 18.4. The SMILES string of the molecule is COc1ccccc1-c1ccc(C(N)=O)c(S(=O)(=O)N[C@H](c2n[nH]c(=O)o2)[C@H](C)c2c(F)ccc(C)c2C)c1. The Hall–Kier alpha value is -4.29. The van der Waals surface area contributed by atoms with Gasteiger partial charge in [0.25, 0.3) is 0 Å². The van der Waals surface area contributed by atoms with Crippen molar-refractivity contribution in [3.05, 3.63) is 99.1 Å². The third-order valence-electron chi connectivity index (χ3n) is 6.65. The van der Waals surface area contributed by atoms with Crippen LogP contribution in [0.2, 0.25) is 0 Å². The number of nitrogens with zero attached hydrogens (tertiary/aromatic N) is 1. The average molecular weight is 555 g/mol. The molecule has 0 unspecified atom stereocenters. The highest BCUT2D eigenvalue weighted by molar-refractivity contribution is 7.89. The van der Waals surface area contributed by atoms with Crippen LogP contribution in [0.5, 0.6) is 5.75 Å². The number of sulfonamides is 1. The minimum atomic E-state index is -4.54. The number of nitrogens with two attached hydrogens (primary N) is 1. The maximum Gasteiger partial charge on any atom is 0.434 e. The molecule has 10 nitrogen and oxygen atoms in total. The molecule has 3 aromatic carbocycles. The number of aryl methyl sites for hydroxylation is 1. The summed E-state index contributed by atoms with van der Waals surface area (Å²) >= 11 is 0. The lowest BCUT2D eigenvalue weighted by Gasteiger charge is -2.25. The van der Waals surface area contributed by atoms with Gasteiger partial charge in [-0.25, -0.2) is 22.7 Å². The van der Waals surface area contributed by atoms with Crippen molar-refractivity contribution in [2.45, 2.75) is 37.6 Å². The molecule has 0 aliphatic carbocycles. The number of primary amides is 1. The number of nitrogens with one attached hydrogen (secondary N) is 2. The number of hydrogen-bond donors (Lipinski definition) is 3. The van der Waals surface area contributed by atoms with Gasteiger partial charge in [0.1, 0.15) is 17.6 Å². The number of halogens is 1. The second-order valence-electron chi connectivity index (χ2n) is 9.02. The van der Waals surface area contributed by atoms with Crippen LogP contribution < -0.4 is 20.9 Å². The van der Waals surface area contributed by atoms with Crippen LogP contribution in [0, 0.1) is 19.7 Å². The van der Waals surface area contributed by atoms with Gasteiger partial charge in [-0.1, -0.05) is 37.3 Å². The van der Waals surface area contributed by atoms with Gasteiger partial charge in [-0.15, -0.1) is 5.10 Å². The molecule has 0 spiro atoms. The summed E-state index contributed by atoms with van der Waals surface area (Å²) in [5.41, 5.74) is 7.87. The monoisotopic (exact) mass is 554 g/mol. The van der Waals surface area contributed by atoms with Gasteiger partial charge in [-0.2, -0.15) is 4.72 Å². The molecule has 1 amide bonds. The largest absolute Gasteiger partial charge is 0.496 e. The Kier molecular flexibility index (Phi) is 7.70. The number of amides is 1. The molecule has 12 heteroatoms. The lowest BCUT2D eigenvalue weighted by atomic mass is 9.88. The van der Waals surface area contributed by atoms with E-state index in [4.69, 9.17) is 14.9 Å². The minimum absolute atomic E-state index is 0.214. The van der Waals surface area contributed by atoms with Gasteiger partial charge in [-0.3, -0.25) is 4.79 Å². The number of ether oxygens (including phenoxy) is 1. The molecule has 0 saturated carbocycles. The van der Waals surface area contributed by atoms with E-state index in [1.807, 2.05) is 0 Å². The van der Waals surface area contributed by atoms with Crippen LogP contribution in [0.15, 0.2) is 68.7 Å². The molecule has 0 aliphatic rings. The van der Waals surface area contributed by atoms with Crippen molar-refractivity contribution >= 4 is 15.9 Å². The Bertz CT molecular complexity index is 1710. The number of aromatic nitrogens is 2.